The molecule has 1 aromatic heterocycles. The summed E-state index contributed by atoms with van der Waals surface area (Å²) in [4.78, 5) is 16.8. The number of carbonyl (C=O) groups is 1. The van der Waals surface area contributed by atoms with E-state index in [2.05, 4.69) is 10.3 Å². The number of hydrogen-bond donors (Lipinski definition) is 1. The standard InChI is InChI=1S/C12H20N4O4S2/c1-4-20-8-11(17)14-12-13-9-5-6-16(7-10(9)21-12)22(18,19)15(2)3/h4-8H2,1-3H3,(H,13,14,17). The van der Waals surface area contributed by atoms with Crippen molar-refractivity contribution in [2.75, 3.05) is 39.2 Å². The van der Waals surface area contributed by atoms with Crippen molar-refractivity contribution < 1.29 is 17.9 Å². The van der Waals surface area contributed by atoms with E-state index in [-0.39, 0.29) is 19.1 Å². The number of ether oxygens (including phenoxy) is 1. The van der Waals surface area contributed by atoms with E-state index in [9.17, 15) is 13.2 Å². The molecule has 22 heavy (non-hydrogen) atoms. The summed E-state index contributed by atoms with van der Waals surface area (Å²) < 4.78 is 31.9. The summed E-state index contributed by atoms with van der Waals surface area (Å²) in [7, 11) is -0.409. The van der Waals surface area contributed by atoms with Gasteiger partial charge in [-0.2, -0.15) is 17.0 Å². The Bertz CT molecular complexity index is 642. The van der Waals surface area contributed by atoms with Crippen molar-refractivity contribution in [1.82, 2.24) is 13.6 Å². The fraction of sp³-hybridized carbons (Fsp3) is 0.667. The van der Waals surface area contributed by atoms with E-state index < -0.39 is 10.2 Å². The molecule has 0 bridgehead atoms. The molecule has 10 heteroatoms. The molecule has 1 aliphatic heterocycles. The summed E-state index contributed by atoms with van der Waals surface area (Å²) in [6.07, 6.45) is 0.542. The quantitative estimate of drug-likeness (QED) is 0.797. The van der Waals surface area contributed by atoms with Gasteiger partial charge in [0.2, 0.25) is 0 Å². The third-order valence-corrected chi connectivity index (χ3v) is 6.05. The Kier molecular flexibility index (Phi) is 5.50. The Hall–Kier alpha value is -1.07. The number of nitrogens with one attached hydrogen (secondary N) is 1. The largest absolute Gasteiger partial charge is 0.372 e. The maximum absolute atomic E-state index is 12.1. The SMILES string of the molecule is CCOCC(=O)Nc1nc2c(s1)CN(S(=O)(=O)N(C)C)CC2. The number of thiazole rings is 1. The van der Waals surface area contributed by atoms with Crippen molar-refractivity contribution in [2.24, 2.45) is 0 Å². The first-order valence-corrected chi connectivity index (χ1v) is 9.09. The number of aromatic nitrogens is 1. The molecule has 0 radical (unpaired) electrons. The van der Waals surface area contributed by atoms with E-state index in [0.717, 1.165) is 10.6 Å². The van der Waals surface area contributed by atoms with Crippen LogP contribution in [0.1, 0.15) is 17.5 Å². The van der Waals surface area contributed by atoms with Gasteiger partial charge in [-0.1, -0.05) is 0 Å². The lowest BCUT2D eigenvalue weighted by Gasteiger charge is -2.27. The summed E-state index contributed by atoms with van der Waals surface area (Å²) in [6.45, 7) is 2.95. The molecule has 0 saturated carbocycles. The van der Waals surface area contributed by atoms with Gasteiger partial charge >= 0.3 is 0 Å². The lowest BCUT2D eigenvalue weighted by atomic mass is 10.2. The maximum Gasteiger partial charge on any atom is 0.281 e. The first-order valence-electron chi connectivity index (χ1n) is 6.88. The number of rotatable bonds is 6. The Morgan fingerprint density at radius 2 is 2.23 bits per heavy atom. The fourth-order valence-corrected chi connectivity index (χ4v) is 4.20. The minimum absolute atomic E-state index is 0.0120. The van der Waals surface area contributed by atoms with Crippen LogP contribution in [0.5, 0.6) is 0 Å². The van der Waals surface area contributed by atoms with E-state index in [1.54, 1.807) is 0 Å². The van der Waals surface area contributed by atoms with Crippen LogP contribution in [0.2, 0.25) is 0 Å². The third kappa shape index (κ3) is 3.82. The lowest BCUT2D eigenvalue weighted by Crippen LogP contribution is -2.42. The molecular weight excluding hydrogens is 328 g/mol. The van der Waals surface area contributed by atoms with Gasteiger partial charge in [-0.25, -0.2) is 4.98 Å². The Labute approximate surface area is 134 Å². The van der Waals surface area contributed by atoms with E-state index in [0.29, 0.717) is 24.7 Å². The molecule has 1 N–H and O–H groups in total. The molecule has 2 heterocycles. The van der Waals surface area contributed by atoms with E-state index >= 15 is 0 Å². The minimum atomic E-state index is -3.43. The second-order valence-corrected chi connectivity index (χ2v) is 8.17. The summed E-state index contributed by atoms with van der Waals surface area (Å²) in [5.74, 6) is -0.259. The van der Waals surface area contributed by atoms with E-state index in [1.165, 1.54) is 34.0 Å². The molecule has 2 rings (SSSR count). The molecule has 0 aliphatic carbocycles. The summed E-state index contributed by atoms with van der Waals surface area (Å²) in [5.41, 5.74) is 0.849. The minimum Gasteiger partial charge on any atom is -0.372 e. The number of fused-ring (bicyclic) bond motifs is 1. The predicted octanol–water partition coefficient (Wildman–Crippen LogP) is 0.283. The summed E-state index contributed by atoms with van der Waals surface area (Å²) >= 11 is 1.31. The zero-order chi connectivity index (χ0) is 16.3. The van der Waals surface area contributed by atoms with Crippen LogP contribution in [0.25, 0.3) is 0 Å². The van der Waals surface area contributed by atoms with Gasteiger partial charge in [-0.3, -0.25) is 10.1 Å². The predicted molar refractivity (Wildman–Crippen MR) is 84.0 cm³/mol. The number of amides is 1. The van der Waals surface area contributed by atoms with Gasteiger partial charge in [-0.15, -0.1) is 11.3 Å². The number of anilines is 1. The van der Waals surface area contributed by atoms with Crippen molar-refractivity contribution in [3.8, 4) is 0 Å². The van der Waals surface area contributed by atoms with Crippen molar-refractivity contribution in [1.29, 1.82) is 0 Å². The van der Waals surface area contributed by atoms with Gasteiger partial charge in [0, 0.05) is 38.5 Å². The van der Waals surface area contributed by atoms with Gasteiger partial charge in [0.15, 0.2) is 5.13 Å². The average Bonchev–Trinajstić information content (AvgIpc) is 2.85. The van der Waals surface area contributed by atoms with Crippen LogP contribution in [-0.4, -0.2) is 61.8 Å². The topological polar surface area (TPSA) is 91.8 Å². The van der Waals surface area contributed by atoms with Crippen LogP contribution in [0.4, 0.5) is 5.13 Å². The van der Waals surface area contributed by atoms with Crippen LogP contribution in [-0.2, 0) is 32.7 Å². The molecule has 1 aliphatic rings. The fourth-order valence-electron chi connectivity index (χ4n) is 2.00. The zero-order valence-electron chi connectivity index (χ0n) is 12.8. The van der Waals surface area contributed by atoms with Gasteiger partial charge in [0.25, 0.3) is 16.1 Å². The second kappa shape index (κ2) is 7.01. The normalized spacial score (nSPS) is 15.8. The Balaban J connectivity index is 2.06. The second-order valence-electron chi connectivity index (χ2n) is 4.95. The molecule has 0 saturated heterocycles. The number of nitrogens with zero attached hydrogens (tertiary/aromatic N) is 3. The molecule has 124 valence electrons. The third-order valence-electron chi connectivity index (χ3n) is 3.17. The van der Waals surface area contributed by atoms with Crippen molar-refractivity contribution >= 4 is 32.6 Å². The van der Waals surface area contributed by atoms with Crippen molar-refractivity contribution in [2.45, 2.75) is 19.9 Å². The van der Waals surface area contributed by atoms with Crippen molar-refractivity contribution in [3.05, 3.63) is 10.6 Å². The van der Waals surface area contributed by atoms with E-state index in [4.69, 9.17) is 4.74 Å². The molecule has 0 spiro atoms. The molecule has 0 fully saturated rings. The van der Waals surface area contributed by atoms with E-state index in [1.807, 2.05) is 6.92 Å². The Morgan fingerprint density at radius 1 is 1.50 bits per heavy atom. The van der Waals surface area contributed by atoms with Crippen LogP contribution in [0.15, 0.2) is 0 Å². The van der Waals surface area contributed by atoms with Crippen LogP contribution in [0.3, 0.4) is 0 Å². The number of hydrogen-bond acceptors (Lipinski definition) is 6. The molecule has 0 unspecified atom stereocenters. The van der Waals surface area contributed by atoms with Crippen LogP contribution >= 0.6 is 11.3 Å². The molecule has 0 atom stereocenters. The summed E-state index contributed by atoms with van der Waals surface area (Å²) in [6, 6.07) is 0. The highest BCUT2D eigenvalue weighted by atomic mass is 32.2. The smallest absolute Gasteiger partial charge is 0.281 e. The summed E-state index contributed by atoms with van der Waals surface area (Å²) in [5, 5.41) is 3.16. The molecule has 1 aromatic rings. The van der Waals surface area contributed by atoms with Gasteiger partial charge in [0.1, 0.15) is 6.61 Å². The van der Waals surface area contributed by atoms with Crippen molar-refractivity contribution in [3.63, 3.8) is 0 Å². The highest BCUT2D eigenvalue weighted by molar-refractivity contribution is 7.86. The molecule has 8 nitrogen and oxygen atoms in total. The zero-order valence-corrected chi connectivity index (χ0v) is 14.5. The molecular formula is C12H20N4O4S2. The molecule has 0 aromatic carbocycles. The highest BCUT2D eigenvalue weighted by Crippen LogP contribution is 2.29. The first-order chi connectivity index (χ1) is 10.3. The van der Waals surface area contributed by atoms with Gasteiger partial charge in [-0.05, 0) is 6.92 Å². The number of carbonyl (C=O) groups excluding carboxylic acids is 1. The van der Waals surface area contributed by atoms with Gasteiger partial charge < -0.3 is 4.74 Å². The van der Waals surface area contributed by atoms with Gasteiger partial charge in [0.05, 0.1) is 12.2 Å². The average molecular weight is 348 g/mol. The monoisotopic (exact) mass is 348 g/mol. The Morgan fingerprint density at radius 3 is 2.86 bits per heavy atom. The highest BCUT2D eigenvalue weighted by Gasteiger charge is 2.30. The molecule has 1 amide bonds. The van der Waals surface area contributed by atoms with Crippen LogP contribution in [0, 0.1) is 0 Å². The maximum atomic E-state index is 12.1. The van der Waals surface area contributed by atoms with Crippen LogP contribution < -0.4 is 5.32 Å². The first kappa shape index (κ1) is 17.3. The lowest BCUT2D eigenvalue weighted by molar-refractivity contribution is -0.120.